The molecule has 0 heterocycles. The van der Waals surface area contributed by atoms with Gasteiger partial charge in [-0.15, -0.1) is 0 Å². The van der Waals surface area contributed by atoms with Gasteiger partial charge in [-0.3, -0.25) is 9.52 Å². The lowest BCUT2D eigenvalue weighted by molar-refractivity contribution is 0.102. The van der Waals surface area contributed by atoms with E-state index in [1.165, 1.54) is 38.2 Å². The molecular weight excluding hydrogens is 388 g/mol. The van der Waals surface area contributed by atoms with Gasteiger partial charge in [0.05, 0.1) is 18.6 Å². The molecule has 3 rings (SSSR count). The van der Waals surface area contributed by atoms with Crippen LogP contribution in [0.2, 0.25) is 0 Å². The molecule has 1 saturated carbocycles. The van der Waals surface area contributed by atoms with Crippen LogP contribution < -0.4 is 14.8 Å². The molecule has 1 amide bonds. The zero-order chi connectivity index (χ0) is 20.9. The van der Waals surface area contributed by atoms with E-state index in [1.807, 2.05) is 12.1 Å². The van der Waals surface area contributed by atoms with Gasteiger partial charge in [0.2, 0.25) is 10.0 Å². The standard InChI is InChI=1S/C22H28N2O4S/c1-16-8-9-18(14-21(16)24-29(2,26)27)22(25)23-19-10-12-20(13-11-19)28-15-17-6-4-3-5-7-17/h8-14,17,24H,3-7,15H2,1-2H3,(H,23,25). The van der Waals surface area contributed by atoms with Gasteiger partial charge in [-0.2, -0.15) is 0 Å². The maximum atomic E-state index is 12.5. The number of rotatable bonds is 7. The summed E-state index contributed by atoms with van der Waals surface area (Å²) in [5, 5.41) is 2.83. The Morgan fingerprint density at radius 2 is 1.76 bits per heavy atom. The number of benzene rings is 2. The molecule has 0 unspecified atom stereocenters. The highest BCUT2D eigenvalue weighted by molar-refractivity contribution is 7.92. The van der Waals surface area contributed by atoms with Crippen molar-refractivity contribution in [1.29, 1.82) is 0 Å². The van der Waals surface area contributed by atoms with Crippen molar-refractivity contribution >= 4 is 27.3 Å². The van der Waals surface area contributed by atoms with Crippen molar-refractivity contribution in [3.63, 3.8) is 0 Å². The molecule has 0 aromatic heterocycles. The van der Waals surface area contributed by atoms with Crippen LogP contribution in [-0.4, -0.2) is 27.2 Å². The Morgan fingerprint density at radius 3 is 2.41 bits per heavy atom. The van der Waals surface area contributed by atoms with E-state index in [0.717, 1.165) is 24.2 Å². The highest BCUT2D eigenvalue weighted by Crippen LogP contribution is 2.25. The monoisotopic (exact) mass is 416 g/mol. The molecule has 29 heavy (non-hydrogen) atoms. The van der Waals surface area contributed by atoms with Gasteiger partial charge in [0, 0.05) is 11.3 Å². The van der Waals surface area contributed by atoms with Gasteiger partial charge in [-0.05, 0) is 67.6 Å². The molecule has 156 valence electrons. The van der Waals surface area contributed by atoms with Gasteiger partial charge in [-0.25, -0.2) is 8.42 Å². The molecule has 0 bridgehead atoms. The molecule has 6 nitrogen and oxygen atoms in total. The van der Waals surface area contributed by atoms with E-state index < -0.39 is 10.0 Å². The second kappa shape index (κ2) is 9.31. The summed E-state index contributed by atoms with van der Waals surface area (Å²) in [6.45, 7) is 2.52. The summed E-state index contributed by atoms with van der Waals surface area (Å²) >= 11 is 0. The molecule has 0 aliphatic heterocycles. The lowest BCUT2D eigenvalue weighted by Gasteiger charge is -2.21. The van der Waals surface area contributed by atoms with Crippen LogP contribution in [0.3, 0.4) is 0 Å². The number of hydrogen-bond donors (Lipinski definition) is 2. The fraction of sp³-hybridized carbons (Fsp3) is 0.409. The number of amides is 1. The molecule has 2 N–H and O–H groups in total. The van der Waals surface area contributed by atoms with Crippen LogP contribution in [0.1, 0.15) is 48.0 Å². The third kappa shape index (κ3) is 6.49. The summed E-state index contributed by atoms with van der Waals surface area (Å²) in [7, 11) is -3.42. The zero-order valence-electron chi connectivity index (χ0n) is 16.9. The zero-order valence-corrected chi connectivity index (χ0v) is 17.7. The van der Waals surface area contributed by atoms with Crippen molar-refractivity contribution in [1.82, 2.24) is 0 Å². The maximum Gasteiger partial charge on any atom is 0.255 e. The minimum absolute atomic E-state index is 0.308. The smallest absolute Gasteiger partial charge is 0.255 e. The highest BCUT2D eigenvalue weighted by atomic mass is 32.2. The molecule has 7 heteroatoms. The van der Waals surface area contributed by atoms with Crippen molar-refractivity contribution in [3.05, 3.63) is 53.6 Å². The largest absolute Gasteiger partial charge is 0.493 e. The Balaban J connectivity index is 1.59. The van der Waals surface area contributed by atoms with Crippen LogP contribution in [-0.2, 0) is 10.0 Å². The van der Waals surface area contributed by atoms with Gasteiger partial charge < -0.3 is 10.1 Å². The van der Waals surface area contributed by atoms with Crippen LogP contribution in [0.15, 0.2) is 42.5 Å². The van der Waals surface area contributed by atoms with E-state index in [9.17, 15) is 13.2 Å². The molecule has 0 spiro atoms. The predicted molar refractivity (Wildman–Crippen MR) is 116 cm³/mol. The van der Waals surface area contributed by atoms with Crippen LogP contribution in [0.5, 0.6) is 5.75 Å². The van der Waals surface area contributed by atoms with E-state index in [-0.39, 0.29) is 5.91 Å². The van der Waals surface area contributed by atoms with Crippen molar-refractivity contribution in [3.8, 4) is 5.75 Å². The quantitative estimate of drug-likeness (QED) is 0.692. The fourth-order valence-corrected chi connectivity index (χ4v) is 4.10. The SMILES string of the molecule is Cc1ccc(C(=O)Nc2ccc(OCC3CCCCC3)cc2)cc1NS(C)(=O)=O. The minimum atomic E-state index is -3.42. The summed E-state index contributed by atoms with van der Waals surface area (Å²) < 4.78 is 31.3. The van der Waals surface area contributed by atoms with E-state index in [4.69, 9.17) is 4.74 Å². The van der Waals surface area contributed by atoms with E-state index in [0.29, 0.717) is 22.9 Å². The fourth-order valence-electron chi connectivity index (χ4n) is 3.48. The number of anilines is 2. The lowest BCUT2D eigenvalue weighted by atomic mass is 9.90. The van der Waals surface area contributed by atoms with Gasteiger partial charge in [-0.1, -0.05) is 25.3 Å². The second-order valence-electron chi connectivity index (χ2n) is 7.70. The first kappa shape index (κ1) is 21.2. The minimum Gasteiger partial charge on any atom is -0.493 e. The second-order valence-corrected chi connectivity index (χ2v) is 9.45. The van der Waals surface area contributed by atoms with Crippen molar-refractivity contribution < 1.29 is 17.9 Å². The Bertz CT molecular complexity index is 949. The van der Waals surface area contributed by atoms with E-state index in [1.54, 1.807) is 31.2 Å². The van der Waals surface area contributed by atoms with Crippen molar-refractivity contribution in [2.45, 2.75) is 39.0 Å². The first-order chi connectivity index (χ1) is 13.8. The Morgan fingerprint density at radius 1 is 1.07 bits per heavy atom. The molecular formula is C22H28N2O4S. The van der Waals surface area contributed by atoms with E-state index in [2.05, 4.69) is 10.0 Å². The van der Waals surface area contributed by atoms with Crippen LogP contribution >= 0.6 is 0 Å². The number of carbonyl (C=O) groups is 1. The Hall–Kier alpha value is -2.54. The number of ether oxygens (including phenoxy) is 1. The normalized spacial score (nSPS) is 15.0. The number of nitrogens with one attached hydrogen (secondary N) is 2. The molecule has 1 fully saturated rings. The number of sulfonamides is 1. The van der Waals surface area contributed by atoms with Crippen LogP contribution in [0.4, 0.5) is 11.4 Å². The third-order valence-corrected chi connectivity index (χ3v) is 5.71. The predicted octanol–water partition coefficient (Wildman–Crippen LogP) is 4.58. The summed E-state index contributed by atoms with van der Waals surface area (Å²) in [4.78, 5) is 12.5. The molecule has 0 atom stereocenters. The molecule has 0 saturated heterocycles. The van der Waals surface area contributed by atoms with Gasteiger partial charge >= 0.3 is 0 Å². The summed E-state index contributed by atoms with van der Waals surface area (Å²) in [5.41, 5.74) is 2.16. The first-order valence-corrected chi connectivity index (χ1v) is 11.8. The summed E-state index contributed by atoms with van der Waals surface area (Å²) in [6, 6.07) is 12.2. The van der Waals surface area contributed by atoms with Gasteiger partial charge in [0.1, 0.15) is 5.75 Å². The van der Waals surface area contributed by atoms with Crippen LogP contribution in [0, 0.1) is 12.8 Å². The molecule has 0 radical (unpaired) electrons. The maximum absolute atomic E-state index is 12.5. The number of aryl methyl sites for hydroxylation is 1. The Labute approximate surface area is 172 Å². The average Bonchev–Trinajstić information content (AvgIpc) is 2.69. The van der Waals surface area contributed by atoms with E-state index >= 15 is 0 Å². The number of carbonyl (C=O) groups excluding carboxylic acids is 1. The lowest BCUT2D eigenvalue weighted by Crippen LogP contribution is -2.15. The average molecular weight is 417 g/mol. The molecule has 2 aromatic rings. The van der Waals surface area contributed by atoms with Gasteiger partial charge in [0.15, 0.2) is 0 Å². The molecule has 1 aliphatic carbocycles. The Kier molecular flexibility index (Phi) is 6.79. The topological polar surface area (TPSA) is 84.5 Å². The first-order valence-electron chi connectivity index (χ1n) is 9.93. The molecule has 2 aromatic carbocycles. The van der Waals surface area contributed by atoms with Crippen molar-refractivity contribution in [2.75, 3.05) is 22.9 Å². The summed E-state index contributed by atoms with van der Waals surface area (Å²) in [6.07, 6.45) is 7.47. The van der Waals surface area contributed by atoms with Gasteiger partial charge in [0.25, 0.3) is 5.91 Å². The van der Waals surface area contributed by atoms with Crippen LogP contribution in [0.25, 0.3) is 0 Å². The summed E-state index contributed by atoms with van der Waals surface area (Å²) in [5.74, 6) is 1.13. The molecule has 1 aliphatic rings. The van der Waals surface area contributed by atoms with Crippen molar-refractivity contribution in [2.24, 2.45) is 5.92 Å². The highest BCUT2D eigenvalue weighted by Gasteiger charge is 2.14. The third-order valence-electron chi connectivity index (χ3n) is 5.12. The number of hydrogen-bond acceptors (Lipinski definition) is 4.